The van der Waals surface area contributed by atoms with Crippen LogP contribution in [0.15, 0.2) is 66.7 Å². The molecule has 0 fully saturated rings. The highest BCUT2D eigenvalue weighted by Crippen LogP contribution is 2.37. The van der Waals surface area contributed by atoms with Gasteiger partial charge in [-0.05, 0) is 35.9 Å². The molecule has 0 aliphatic carbocycles. The van der Waals surface area contributed by atoms with E-state index in [4.69, 9.17) is 14.2 Å². The molecule has 1 aliphatic rings. The van der Waals surface area contributed by atoms with Crippen molar-refractivity contribution in [2.24, 2.45) is 0 Å². The number of carbonyl (C=O) groups excluding carboxylic acids is 1. The molecule has 2 heterocycles. The van der Waals surface area contributed by atoms with E-state index in [1.165, 1.54) is 19.2 Å². The summed E-state index contributed by atoms with van der Waals surface area (Å²) in [5.74, 6) is 1.10. The Labute approximate surface area is 201 Å². The van der Waals surface area contributed by atoms with Gasteiger partial charge in [-0.1, -0.05) is 0 Å². The molecule has 33 heavy (non-hydrogen) atoms. The van der Waals surface area contributed by atoms with Crippen molar-refractivity contribution in [1.82, 2.24) is 0 Å². The minimum absolute atomic E-state index is 0. The third-order valence-electron chi connectivity index (χ3n) is 5.22. The van der Waals surface area contributed by atoms with Gasteiger partial charge in [-0.3, -0.25) is 14.9 Å². The summed E-state index contributed by atoms with van der Waals surface area (Å²) >= 11 is 0. The van der Waals surface area contributed by atoms with Gasteiger partial charge in [0.2, 0.25) is 5.78 Å². The summed E-state index contributed by atoms with van der Waals surface area (Å²) in [5.41, 5.74) is 3.03. The second-order valence-corrected chi connectivity index (χ2v) is 7.18. The number of hydrogen-bond donors (Lipinski definition) is 0. The molecule has 0 N–H and O–H groups in total. The largest absolute Gasteiger partial charge is 1.00 e. The lowest BCUT2D eigenvalue weighted by molar-refractivity contribution is -0.688. The number of fused-ring (bicyclic) bond motifs is 1. The molecule has 3 aromatic rings. The minimum atomic E-state index is -0.418. The summed E-state index contributed by atoms with van der Waals surface area (Å²) in [6.45, 7) is 0.777. The van der Waals surface area contributed by atoms with E-state index in [1.807, 2.05) is 29.1 Å². The van der Waals surface area contributed by atoms with Crippen LogP contribution in [0.1, 0.15) is 27.0 Å². The normalized spacial score (nSPS) is 13.5. The van der Waals surface area contributed by atoms with Gasteiger partial charge in [-0.25, -0.2) is 4.57 Å². The quantitative estimate of drug-likeness (QED) is 0.209. The number of hydrogen-bond acceptors (Lipinski definition) is 6. The van der Waals surface area contributed by atoms with Gasteiger partial charge in [-0.15, -0.1) is 0 Å². The fraction of sp³-hybridized carbons (Fsp3) is 0.167. The van der Waals surface area contributed by atoms with Gasteiger partial charge < -0.3 is 31.2 Å². The maximum absolute atomic E-state index is 12.9. The number of non-ortho nitro benzene ring substituents is 1. The Morgan fingerprint density at radius 2 is 1.76 bits per heavy atom. The van der Waals surface area contributed by atoms with Gasteiger partial charge in [0.1, 0.15) is 6.61 Å². The van der Waals surface area contributed by atoms with Gasteiger partial charge in [0, 0.05) is 41.0 Å². The van der Waals surface area contributed by atoms with Crippen molar-refractivity contribution in [1.29, 1.82) is 0 Å². The second-order valence-electron chi connectivity index (χ2n) is 7.18. The number of Topliss-reactive ketones (excluding diaryl/α,β-unsaturated/α-hetero) is 1. The van der Waals surface area contributed by atoms with Crippen molar-refractivity contribution in [3.63, 3.8) is 0 Å². The van der Waals surface area contributed by atoms with Crippen molar-refractivity contribution >= 4 is 17.5 Å². The highest BCUT2D eigenvalue weighted by atomic mass is 79.9. The topological polar surface area (TPSA) is 91.8 Å². The van der Waals surface area contributed by atoms with Crippen LogP contribution in [0.3, 0.4) is 0 Å². The van der Waals surface area contributed by atoms with Crippen LogP contribution in [0, 0.1) is 10.1 Å². The summed E-state index contributed by atoms with van der Waals surface area (Å²) in [5, 5.41) is 10.8. The molecule has 2 aromatic carbocycles. The molecule has 1 aliphatic heterocycles. The Morgan fingerprint density at radius 1 is 1.06 bits per heavy atom. The number of rotatable bonds is 6. The van der Waals surface area contributed by atoms with Gasteiger partial charge in [-0.2, -0.15) is 0 Å². The first-order chi connectivity index (χ1) is 15.5. The minimum Gasteiger partial charge on any atom is -1.00 e. The summed E-state index contributed by atoms with van der Waals surface area (Å²) < 4.78 is 18.4. The van der Waals surface area contributed by atoms with E-state index >= 15 is 0 Å². The van der Waals surface area contributed by atoms with Crippen LogP contribution in [0.4, 0.5) is 5.69 Å². The second kappa shape index (κ2) is 10.3. The van der Waals surface area contributed by atoms with Crippen molar-refractivity contribution in [2.45, 2.75) is 13.2 Å². The molecule has 0 unspecified atom stereocenters. The van der Waals surface area contributed by atoms with E-state index in [2.05, 4.69) is 0 Å². The molecule has 0 saturated carbocycles. The molecule has 8 nitrogen and oxygen atoms in total. The number of aromatic nitrogens is 1. The van der Waals surface area contributed by atoms with E-state index in [1.54, 1.807) is 37.5 Å². The Morgan fingerprint density at radius 3 is 2.36 bits per heavy atom. The number of nitro benzene ring substituents is 1. The van der Waals surface area contributed by atoms with Crippen molar-refractivity contribution in [3.05, 3.63) is 99.1 Å². The van der Waals surface area contributed by atoms with Crippen LogP contribution in [-0.4, -0.2) is 24.9 Å². The summed E-state index contributed by atoms with van der Waals surface area (Å²) in [6, 6.07) is 13.6. The zero-order chi connectivity index (χ0) is 22.7. The third-order valence-corrected chi connectivity index (χ3v) is 5.22. The Kier molecular flexibility index (Phi) is 7.44. The first kappa shape index (κ1) is 23.9. The van der Waals surface area contributed by atoms with Gasteiger partial charge in [0.25, 0.3) is 5.69 Å². The molecule has 4 rings (SSSR count). The molecule has 0 amide bonds. The molecule has 0 spiro atoms. The lowest BCUT2D eigenvalue weighted by Crippen LogP contribution is -3.00. The van der Waals surface area contributed by atoms with E-state index in [9.17, 15) is 14.9 Å². The van der Waals surface area contributed by atoms with Crippen LogP contribution >= 0.6 is 0 Å². The average Bonchev–Trinajstić information content (AvgIpc) is 2.81. The number of benzene rings is 2. The van der Waals surface area contributed by atoms with Crippen molar-refractivity contribution in [2.75, 3.05) is 14.2 Å². The lowest BCUT2D eigenvalue weighted by atomic mass is 9.98. The van der Waals surface area contributed by atoms with E-state index in [0.29, 0.717) is 29.2 Å². The molecule has 170 valence electrons. The third kappa shape index (κ3) is 5.04. The number of ether oxygens (including phenoxy) is 3. The molecule has 1 aromatic heterocycles. The lowest BCUT2D eigenvalue weighted by Gasteiger charge is -2.22. The molecule has 9 heteroatoms. The summed E-state index contributed by atoms with van der Waals surface area (Å²) in [7, 11) is 3.08. The highest BCUT2D eigenvalue weighted by Gasteiger charge is 2.28. The SMILES string of the molecule is COc1ccc2c(c1OC)CO/C(=C\c1cc[n+](Cc3ccc([N+](=O)[O-])cc3)cc1)C2=O.[Br-]. The van der Waals surface area contributed by atoms with Crippen LogP contribution in [0.5, 0.6) is 11.5 Å². The molecule has 0 atom stereocenters. The van der Waals surface area contributed by atoms with E-state index < -0.39 is 4.92 Å². The fourth-order valence-electron chi connectivity index (χ4n) is 3.56. The van der Waals surface area contributed by atoms with Crippen molar-refractivity contribution < 1.29 is 45.5 Å². The Balaban J connectivity index is 0.00000306. The number of carbonyl (C=O) groups is 1. The maximum atomic E-state index is 12.9. The Bertz CT molecular complexity index is 1210. The Hall–Kier alpha value is -3.72. The number of nitrogens with zero attached hydrogens (tertiary/aromatic N) is 2. The number of ketones is 1. The standard InChI is InChI=1S/C24H21N2O6.BrH/c1-30-21-8-7-19-20(24(21)31-2)15-32-22(23(19)27)13-16-9-11-25(12-10-16)14-17-3-5-18(6-4-17)26(28)29;/h3-13H,14-15H2,1-2H3;1H/q+1;/p-1/b22-13-;. The number of methoxy groups -OCH3 is 2. The zero-order valence-electron chi connectivity index (χ0n) is 18.0. The van der Waals surface area contributed by atoms with Gasteiger partial charge in [0.05, 0.1) is 19.1 Å². The van der Waals surface area contributed by atoms with Crippen molar-refractivity contribution in [3.8, 4) is 11.5 Å². The first-order valence-electron chi connectivity index (χ1n) is 9.85. The number of pyridine rings is 1. The number of allylic oxidation sites excluding steroid dienone is 1. The summed E-state index contributed by atoms with van der Waals surface area (Å²) in [6.07, 6.45) is 5.46. The van der Waals surface area contributed by atoms with Crippen LogP contribution in [-0.2, 0) is 17.9 Å². The monoisotopic (exact) mass is 512 g/mol. The summed E-state index contributed by atoms with van der Waals surface area (Å²) in [4.78, 5) is 23.3. The molecular formula is C24H21BrN2O6. The first-order valence-corrected chi connectivity index (χ1v) is 9.85. The van der Waals surface area contributed by atoms with Crippen LogP contribution in [0.25, 0.3) is 6.08 Å². The molecule has 0 saturated heterocycles. The molecular weight excluding hydrogens is 492 g/mol. The fourth-order valence-corrected chi connectivity index (χ4v) is 3.56. The smallest absolute Gasteiger partial charge is 0.269 e. The van der Waals surface area contributed by atoms with Gasteiger partial charge >= 0.3 is 0 Å². The van der Waals surface area contributed by atoms with Crippen LogP contribution in [0.2, 0.25) is 0 Å². The van der Waals surface area contributed by atoms with E-state index in [0.717, 1.165) is 11.1 Å². The predicted octanol–water partition coefficient (Wildman–Crippen LogP) is 0.706. The average molecular weight is 513 g/mol. The maximum Gasteiger partial charge on any atom is 0.269 e. The highest BCUT2D eigenvalue weighted by molar-refractivity contribution is 6.12. The molecule has 0 bridgehead atoms. The zero-order valence-corrected chi connectivity index (χ0v) is 19.6. The van der Waals surface area contributed by atoms with Gasteiger partial charge in [0.15, 0.2) is 36.2 Å². The molecule has 0 radical (unpaired) electrons. The van der Waals surface area contributed by atoms with Crippen LogP contribution < -0.4 is 31.0 Å². The van der Waals surface area contributed by atoms with E-state index in [-0.39, 0.29) is 40.8 Å². The number of halogens is 1. The number of nitro groups is 1. The predicted molar refractivity (Wildman–Crippen MR) is 115 cm³/mol.